The highest BCUT2D eigenvalue weighted by atomic mass is 32.1. The van der Waals surface area contributed by atoms with Crippen molar-refractivity contribution in [2.75, 3.05) is 0 Å². The van der Waals surface area contributed by atoms with Crippen LogP contribution in [-0.2, 0) is 0 Å². The molecule has 3 heterocycles. The molecular formula is C48H30N2S. The second-order valence-corrected chi connectivity index (χ2v) is 14.4. The molecule has 51 heavy (non-hydrogen) atoms. The van der Waals surface area contributed by atoms with Gasteiger partial charge < -0.3 is 9.13 Å². The van der Waals surface area contributed by atoms with E-state index in [2.05, 4.69) is 191 Å². The Morgan fingerprint density at radius 3 is 1.75 bits per heavy atom. The topological polar surface area (TPSA) is 9.86 Å². The van der Waals surface area contributed by atoms with Crippen molar-refractivity contribution in [2.24, 2.45) is 0 Å². The van der Waals surface area contributed by atoms with Gasteiger partial charge in [-0.2, -0.15) is 0 Å². The highest BCUT2D eigenvalue weighted by Crippen LogP contribution is 2.42. The van der Waals surface area contributed by atoms with Crippen LogP contribution < -0.4 is 0 Å². The van der Waals surface area contributed by atoms with E-state index in [1.165, 1.54) is 97.4 Å². The lowest BCUT2D eigenvalue weighted by molar-refractivity contribution is 1.18. The summed E-state index contributed by atoms with van der Waals surface area (Å²) in [7, 11) is 0. The molecule has 3 heteroatoms. The molecule has 0 aliphatic rings. The zero-order valence-electron chi connectivity index (χ0n) is 27.6. The second-order valence-electron chi connectivity index (χ2n) is 13.3. The van der Waals surface area contributed by atoms with Gasteiger partial charge in [0.25, 0.3) is 0 Å². The molecule has 0 aliphatic heterocycles. The molecule has 238 valence electrons. The fraction of sp³-hybridized carbons (Fsp3) is 0. The van der Waals surface area contributed by atoms with Gasteiger partial charge in [0.2, 0.25) is 0 Å². The van der Waals surface area contributed by atoms with Crippen LogP contribution in [0.1, 0.15) is 0 Å². The second kappa shape index (κ2) is 11.0. The number of benzene rings is 8. The van der Waals surface area contributed by atoms with E-state index in [1.807, 2.05) is 11.3 Å². The third-order valence-corrected chi connectivity index (χ3v) is 11.7. The number of hydrogen-bond donors (Lipinski definition) is 0. The summed E-state index contributed by atoms with van der Waals surface area (Å²) in [6.07, 6.45) is 0. The molecule has 0 unspecified atom stereocenters. The summed E-state index contributed by atoms with van der Waals surface area (Å²) in [4.78, 5) is 0. The van der Waals surface area contributed by atoms with Gasteiger partial charge >= 0.3 is 0 Å². The zero-order valence-corrected chi connectivity index (χ0v) is 28.4. The summed E-state index contributed by atoms with van der Waals surface area (Å²) < 4.78 is 7.49. The van der Waals surface area contributed by atoms with Gasteiger partial charge in [-0.15, -0.1) is 11.3 Å². The van der Waals surface area contributed by atoms with Crippen molar-refractivity contribution in [3.05, 3.63) is 182 Å². The number of hydrogen-bond acceptors (Lipinski definition) is 1. The van der Waals surface area contributed by atoms with Crippen LogP contribution in [0.3, 0.4) is 0 Å². The maximum atomic E-state index is 2.43. The Labute approximate surface area is 298 Å². The molecule has 0 spiro atoms. The lowest BCUT2D eigenvalue weighted by atomic mass is 10.0. The van der Waals surface area contributed by atoms with Crippen LogP contribution in [0.15, 0.2) is 182 Å². The molecule has 0 aliphatic carbocycles. The smallest absolute Gasteiger partial charge is 0.0547 e. The molecule has 0 saturated carbocycles. The Kier molecular flexibility index (Phi) is 6.16. The van der Waals surface area contributed by atoms with Gasteiger partial charge in [-0.3, -0.25) is 0 Å². The number of aromatic nitrogens is 2. The molecule has 0 radical (unpaired) electrons. The van der Waals surface area contributed by atoms with Crippen LogP contribution in [0, 0.1) is 0 Å². The Morgan fingerprint density at radius 2 is 0.902 bits per heavy atom. The average Bonchev–Trinajstić information content (AvgIpc) is 3.85. The van der Waals surface area contributed by atoms with E-state index in [0.717, 1.165) is 0 Å². The van der Waals surface area contributed by atoms with Crippen LogP contribution in [0.4, 0.5) is 0 Å². The molecule has 0 amide bonds. The molecule has 0 N–H and O–H groups in total. The Balaban J connectivity index is 1.08. The molecule has 11 rings (SSSR count). The van der Waals surface area contributed by atoms with Gasteiger partial charge in [0.15, 0.2) is 0 Å². The normalized spacial score (nSPS) is 11.9. The number of rotatable bonds is 4. The monoisotopic (exact) mass is 666 g/mol. The lowest BCUT2D eigenvalue weighted by Crippen LogP contribution is -1.94. The molecule has 0 atom stereocenters. The predicted molar refractivity (Wildman–Crippen MR) is 219 cm³/mol. The molecular weight excluding hydrogens is 637 g/mol. The summed E-state index contributed by atoms with van der Waals surface area (Å²) >= 11 is 1.88. The van der Waals surface area contributed by atoms with E-state index < -0.39 is 0 Å². The Hall–Kier alpha value is -6.42. The van der Waals surface area contributed by atoms with Crippen molar-refractivity contribution < 1.29 is 0 Å². The van der Waals surface area contributed by atoms with E-state index in [9.17, 15) is 0 Å². The average molecular weight is 667 g/mol. The molecule has 0 saturated heterocycles. The predicted octanol–water partition coefficient (Wildman–Crippen LogP) is 13.6. The Bertz CT molecular complexity index is 3140. The Morgan fingerprint density at radius 1 is 0.314 bits per heavy atom. The van der Waals surface area contributed by atoms with Crippen molar-refractivity contribution in [1.82, 2.24) is 9.13 Å². The van der Waals surface area contributed by atoms with E-state index in [0.29, 0.717) is 0 Å². The number of thiophene rings is 1. The highest BCUT2D eigenvalue weighted by molar-refractivity contribution is 7.26. The third-order valence-electron chi connectivity index (χ3n) is 10.5. The molecule has 0 bridgehead atoms. The minimum absolute atomic E-state index is 1.17. The molecule has 8 aromatic carbocycles. The SMILES string of the molecule is c1ccc(-n2c3ccccc3c3ccc(-c4ccc5c(c4)c4ccccc4n5-c4cccc(-c5cccc6c5sc5ccccc56)c4)cc32)cc1. The van der Waals surface area contributed by atoms with Crippen LogP contribution in [0.5, 0.6) is 0 Å². The maximum absolute atomic E-state index is 2.43. The van der Waals surface area contributed by atoms with Gasteiger partial charge in [0, 0.05) is 53.1 Å². The van der Waals surface area contributed by atoms with Crippen molar-refractivity contribution in [2.45, 2.75) is 0 Å². The van der Waals surface area contributed by atoms with E-state index in [1.54, 1.807) is 0 Å². The number of para-hydroxylation sites is 3. The molecule has 3 aromatic heterocycles. The fourth-order valence-electron chi connectivity index (χ4n) is 8.22. The van der Waals surface area contributed by atoms with Crippen molar-refractivity contribution in [1.29, 1.82) is 0 Å². The lowest BCUT2D eigenvalue weighted by Gasteiger charge is -2.11. The summed E-state index contributed by atoms with van der Waals surface area (Å²) in [5.74, 6) is 0. The van der Waals surface area contributed by atoms with Crippen LogP contribution in [0.2, 0.25) is 0 Å². The minimum Gasteiger partial charge on any atom is -0.309 e. The number of nitrogens with zero attached hydrogens (tertiary/aromatic N) is 2. The van der Waals surface area contributed by atoms with Crippen molar-refractivity contribution >= 4 is 75.1 Å². The van der Waals surface area contributed by atoms with E-state index in [4.69, 9.17) is 0 Å². The molecule has 11 aromatic rings. The third kappa shape index (κ3) is 4.29. The first-order valence-electron chi connectivity index (χ1n) is 17.4. The minimum atomic E-state index is 1.17. The number of fused-ring (bicyclic) bond motifs is 9. The largest absolute Gasteiger partial charge is 0.309 e. The quantitative estimate of drug-likeness (QED) is 0.177. The van der Waals surface area contributed by atoms with Crippen LogP contribution in [-0.4, -0.2) is 9.13 Å². The van der Waals surface area contributed by atoms with Gasteiger partial charge in [0.05, 0.1) is 22.1 Å². The first kappa shape index (κ1) is 28.4. The van der Waals surface area contributed by atoms with Gasteiger partial charge in [-0.05, 0) is 82.9 Å². The van der Waals surface area contributed by atoms with Crippen molar-refractivity contribution in [3.8, 4) is 33.6 Å². The molecule has 2 nitrogen and oxygen atoms in total. The summed E-state index contributed by atoms with van der Waals surface area (Å²) in [6, 6.07) is 66.6. The van der Waals surface area contributed by atoms with E-state index in [-0.39, 0.29) is 0 Å². The van der Waals surface area contributed by atoms with Gasteiger partial charge in [-0.25, -0.2) is 0 Å². The van der Waals surface area contributed by atoms with Gasteiger partial charge in [-0.1, -0.05) is 121 Å². The summed E-state index contributed by atoms with van der Waals surface area (Å²) in [6.45, 7) is 0. The van der Waals surface area contributed by atoms with Crippen molar-refractivity contribution in [3.63, 3.8) is 0 Å². The van der Waals surface area contributed by atoms with E-state index >= 15 is 0 Å². The highest BCUT2D eigenvalue weighted by Gasteiger charge is 2.17. The zero-order chi connectivity index (χ0) is 33.5. The van der Waals surface area contributed by atoms with Crippen LogP contribution >= 0.6 is 11.3 Å². The first-order valence-corrected chi connectivity index (χ1v) is 18.3. The maximum Gasteiger partial charge on any atom is 0.0547 e. The summed E-state index contributed by atoms with van der Waals surface area (Å²) in [5.41, 5.74) is 12.1. The molecule has 0 fully saturated rings. The fourth-order valence-corrected chi connectivity index (χ4v) is 9.46. The summed E-state index contributed by atoms with van der Waals surface area (Å²) in [5, 5.41) is 7.70. The standard InChI is InChI=1S/C48H30N2S/c1-2-13-34(14-3-1)49-43-21-7-4-16-37(43)39-26-24-32(30-46(39)49)31-25-27-45-42(29-31)38-17-5-8-22-44(38)50(45)35-15-10-12-33(28-35)36-19-11-20-41-40-18-6-9-23-47(40)51-48(36)41/h1-30H. The first-order chi connectivity index (χ1) is 25.3. The van der Waals surface area contributed by atoms with Crippen LogP contribution in [0.25, 0.3) is 97.4 Å². The van der Waals surface area contributed by atoms with Gasteiger partial charge in [0.1, 0.15) is 0 Å².